The zero-order chi connectivity index (χ0) is 14.8. The number of methoxy groups -OCH3 is 1. The smallest absolute Gasteiger partial charge is 0.305 e. The van der Waals surface area contributed by atoms with Gasteiger partial charge >= 0.3 is 5.97 Å². The molecule has 0 aromatic heterocycles. The Morgan fingerprint density at radius 3 is 2.75 bits per heavy atom. The van der Waals surface area contributed by atoms with Crippen molar-refractivity contribution < 1.29 is 14.3 Å². The number of nitrogens with one attached hydrogen (secondary N) is 1. The van der Waals surface area contributed by atoms with Crippen LogP contribution in [0.5, 0.6) is 5.75 Å². The quantitative estimate of drug-likeness (QED) is 0.555. The molecule has 0 fully saturated rings. The summed E-state index contributed by atoms with van der Waals surface area (Å²) in [5.74, 6) is 0.767. The van der Waals surface area contributed by atoms with Crippen molar-refractivity contribution in [3.8, 4) is 5.75 Å². The number of anilines is 1. The first kappa shape index (κ1) is 16.3. The molecule has 0 aliphatic carbocycles. The Hall–Kier alpha value is -1.71. The van der Waals surface area contributed by atoms with Crippen LogP contribution in [0.15, 0.2) is 18.2 Å². The number of ether oxygens (including phenoxy) is 2. The average Bonchev–Trinajstić information content (AvgIpc) is 2.43. The molecule has 112 valence electrons. The Kier molecular flexibility index (Phi) is 7.55. The molecule has 1 rings (SSSR count). The van der Waals surface area contributed by atoms with Crippen LogP contribution in [-0.4, -0.2) is 26.2 Å². The zero-order valence-electron chi connectivity index (χ0n) is 12.7. The van der Waals surface area contributed by atoms with E-state index >= 15 is 0 Å². The highest BCUT2D eigenvalue weighted by atomic mass is 16.5. The van der Waals surface area contributed by atoms with Crippen molar-refractivity contribution >= 4 is 11.7 Å². The summed E-state index contributed by atoms with van der Waals surface area (Å²) in [6.45, 7) is 5.23. The normalized spacial score (nSPS) is 10.2. The van der Waals surface area contributed by atoms with Crippen molar-refractivity contribution in [2.45, 2.75) is 39.5 Å². The van der Waals surface area contributed by atoms with Crippen molar-refractivity contribution in [2.24, 2.45) is 0 Å². The molecule has 1 aromatic rings. The zero-order valence-corrected chi connectivity index (χ0v) is 12.7. The minimum atomic E-state index is -0.0965. The average molecular weight is 279 g/mol. The van der Waals surface area contributed by atoms with Crippen molar-refractivity contribution in [1.82, 2.24) is 0 Å². The molecule has 0 bridgehead atoms. The molecule has 0 saturated carbocycles. The summed E-state index contributed by atoms with van der Waals surface area (Å²) in [5, 5.41) is 3.38. The van der Waals surface area contributed by atoms with Crippen LogP contribution in [0.2, 0.25) is 0 Å². The molecule has 0 radical (unpaired) electrons. The highest BCUT2D eigenvalue weighted by molar-refractivity contribution is 5.69. The first-order chi connectivity index (χ1) is 9.67. The second-order valence-corrected chi connectivity index (χ2v) is 4.75. The second kappa shape index (κ2) is 9.23. The number of benzene rings is 1. The predicted octanol–water partition coefficient (Wildman–Crippen LogP) is 3.54. The molecule has 1 aromatic carbocycles. The van der Waals surface area contributed by atoms with E-state index in [-0.39, 0.29) is 5.97 Å². The Morgan fingerprint density at radius 2 is 2.05 bits per heavy atom. The largest absolute Gasteiger partial charge is 0.495 e. The van der Waals surface area contributed by atoms with Crippen LogP contribution < -0.4 is 10.1 Å². The van der Waals surface area contributed by atoms with E-state index in [0.717, 1.165) is 37.2 Å². The topological polar surface area (TPSA) is 47.6 Å². The molecule has 4 nitrogen and oxygen atoms in total. The van der Waals surface area contributed by atoms with Gasteiger partial charge in [-0.2, -0.15) is 0 Å². The standard InChI is InChI=1S/C16H25NO3/c1-4-20-16(18)8-6-5-7-11-17-14-12-13(2)9-10-15(14)19-3/h9-10,12,17H,4-8,11H2,1-3H3. The summed E-state index contributed by atoms with van der Waals surface area (Å²) in [6, 6.07) is 6.08. The van der Waals surface area contributed by atoms with Crippen LogP contribution in [-0.2, 0) is 9.53 Å². The van der Waals surface area contributed by atoms with Crippen LogP contribution in [0.4, 0.5) is 5.69 Å². The molecule has 0 amide bonds. The van der Waals surface area contributed by atoms with E-state index in [1.54, 1.807) is 7.11 Å². The predicted molar refractivity (Wildman–Crippen MR) is 81.3 cm³/mol. The minimum Gasteiger partial charge on any atom is -0.495 e. The van der Waals surface area contributed by atoms with E-state index in [1.165, 1.54) is 5.56 Å². The van der Waals surface area contributed by atoms with Gasteiger partial charge in [-0.1, -0.05) is 12.5 Å². The summed E-state index contributed by atoms with van der Waals surface area (Å²) in [7, 11) is 1.68. The molecule has 0 unspecified atom stereocenters. The van der Waals surface area contributed by atoms with Gasteiger partial charge in [-0.15, -0.1) is 0 Å². The number of esters is 1. The lowest BCUT2D eigenvalue weighted by Gasteiger charge is -2.11. The Labute approximate surface area is 121 Å². The van der Waals surface area contributed by atoms with Crippen molar-refractivity contribution in [3.63, 3.8) is 0 Å². The van der Waals surface area contributed by atoms with Crippen LogP contribution in [0, 0.1) is 6.92 Å². The van der Waals surface area contributed by atoms with Gasteiger partial charge in [0.2, 0.25) is 0 Å². The van der Waals surface area contributed by atoms with Gasteiger partial charge in [-0.25, -0.2) is 0 Å². The van der Waals surface area contributed by atoms with Gasteiger partial charge in [-0.05, 0) is 44.4 Å². The number of hydrogen-bond donors (Lipinski definition) is 1. The number of hydrogen-bond acceptors (Lipinski definition) is 4. The molecule has 0 saturated heterocycles. The second-order valence-electron chi connectivity index (χ2n) is 4.75. The summed E-state index contributed by atoms with van der Waals surface area (Å²) < 4.78 is 10.2. The van der Waals surface area contributed by atoms with E-state index in [0.29, 0.717) is 13.0 Å². The highest BCUT2D eigenvalue weighted by Gasteiger charge is 2.03. The third-order valence-electron chi connectivity index (χ3n) is 3.03. The van der Waals surface area contributed by atoms with Crippen molar-refractivity contribution in [1.29, 1.82) is 0 Å². The SMILES string of the molecule is CCOC(=O)CCCCCNc1cc(C)ccc1OC. The maximum atomic E-state index is 11.2. The first-order valence-electron chi connectivity index (χ1n) is 7.21. The summed E-state index contributed by atoms with van der Waals surface area (Å²) in [5.41, 5.74) is 2.23. The monoisotopic (exact) mass is 279 g/mol. The van der Waals surface area contributed by atoms with E-state index in [2.05, 4.69) is 18.3 Å². The number of carbonyl (C=O) groups excluding carboxylic acids is 1. The van der Waals surface area contributed by atoms with Gasteiger partial charge in [0.15, 0.2) is 0 Å². The van der Waals surface area contributed by atoms with E-state index < -0.39 is 0 Å². The summed E-state index contributed by atoms with van der Waals surface area (Å²) in [6.07, 6.45) is 3.43. The molecule has 0 atom stereocenters. The van der Waals surface area contributed by atoms with Gasteiger partial charge < -0.3 is 14.8 Å². The maximum Gasteiger partial charge on any atom is 0.305 e. The fraction of sp³-hybridized carbons (Fsp3) is 0.562. The fourth-order valence-electron chi connectivity index (χ4n) is 1.99. The third-order valence-corrected chi connectivity index (χ3v) is 3.03. The molecule has 4 heteroatoms. The lowest BCUT2D eigenvalue weighted by molar-refractivity contribution is -0.143. The third kappa shape index (κ3) is 5.95. The number of aryl methyl sites for hydroxylation is 1. The molecular weight excluding hydrogens is 254 g/mol. The Morgan fingerprint density at radius 1 is 1.25 bits per heavy atom. The van der Waals surface area contributed by atoms with Gasteiger partial charge in [0.05, 0.1) is 19.4 Å². The first-order valence-corrected chi connectivity index (χ1v) is 7.21. The van der Waals surface area contributed by atoms with Gasteiger partial charge in [0.25, 0.3) is 0 Å². The minimum absolute atomic E-state index is 0.0965. The van der Waals surface area contributed by atoms with Gasteiger partial charge in [0.1, 0.15) is 5.75 Å². The van der Waals surface area contributed by atoms with E-state index in [1.807, 2.05) is 19.1 Å². The van der Waals surface area contributed by atoms with Crippen molar-refractivity contribution in [3.05, 3.63) is 23.8 Å². The lowest BCUT2D eigenvalue weighted by Crippen LogP contribution is -2.05. The highest BCUT2D eigenvalue weighted by Crippen LogP contribution is 2.25. The van der Waals surface area contributed by atoms with Crippen molar-refractivity contribution in [2.75, 3.05) is 25.6 Å². The Balaban J connectivity index is 2.21. The van der Waals surface area contributed by atoms with Gasteiger partial charge in [0, 0.05) is 13.0 Å². The van der Waals surface area contributed by atoms with Crippen LogP contribution >= 0.6 is 0 Å². The van der Waals surface area contributed by atoms with Gasteiger partial charge in [-0.3, -0.25) is 4.79 Å². The number of carbonyl (C=O) groups is 1. The van der Waals surface area contributed by atoms with Crippen LogP contribution in [0.1, 0.15) is 38.2 Å². The van der Waals surface area contributed by atoms with E-state index in [4.69, 9.17) is 9.47 Å². The Bertz CT molecular complexity index is 418. The molecule has 0 aliphatic rings. The molecular formula is C16H25NO3. The molecule has 0 aliphatic heterocycles. The van der Waals surface area contributed by atoms with E-state index in [9.17, 15) is 4.79 Å². The molecule has 1 N–H and O–H groups in total. The number of rotatable bonds is 9. The molecule has 20 heavy (non-hydrogen) atoms. The molecule has 0 spiro atoms. The lowest BCUT2D eigenvalue weighted by atomic mass is 10.1. The van der Waals surface area contributed by atoms with Crippen LogP contribution in [0.25, 0.3) is 0 Å². The van der Waals surface area contributed by atoms with Crippen LogP contribution in [0.3, 0.4) is 0 Å². The summed E-state index contributed by atoms with van der Waals surface area (Å²) >= 11 is 0. The number of unbranched alkanes of at least 4 members (excludes halogenated alkanes) is 2. The maximum absolute atomic E-state index is 11.2. The molecule has 0 heterocycles. The fourth-order valence-corrected chi connectivity index (χ4v) is 1.99. The summed E-state index contributed by atoms with van der Waals surface area (Å²) in [4.78, 5) is 11.2.